The van der Waals surface area contributed by atoms with Crippen LogP contribution < -0.4 is 10.0 Å². The molecule has 1 amide bonds. The number of rotatable bonds is 6. The molecule has 0 saturated carbocycles. The number of benzene rings is 2. The number of aromatic nitrogens is 4. The molecule has 9 nitrogen and oxygen atoms in total. The molecule has 31 heavy (non-hydrogen) atoms. The molecular formula is C20H15FN6O3S. The minimum atomic E-state index is -3.88. The molecule has 0 bridgehead atoms. The van der Waals surface area contributed by atoms with Crippen LogP contribution in [0.15, 0.2) is 84.1 Å². The molecule has 2 aromatic carbocycles. The Morgan fingerprint density at radius 1 is 0.968 bits per heavy atom. The van der Waals surface area contributed by atoms with Gasteiger partial charge in [-0.15, -0.1) is 0 Å². The lowest BCUT2D eigenvalue weighted by Gasteiger charge is -2.08. The average Bonchev–Trinajstić information content (AvgIpc) is 3.25. The molecule has 0 spiro atoms. The molecule has 0 aliphatic heterocycles. The molecule has 2 N–H and O–H groups in total. The summed E-state index contributed by atoms with van der Waals surface area (Å²) in [6, 6.07) is 14.4. The number of carbonyl (C=O) groups excluding carboxylic acids is 1. The number of halogens is 1. The Hall–Kier alpha value is -4.12. The topological polar surface area (TPSA) is 119 Å². The number of sulfonamides is 1. The highest BCUT2D eigenvalue weighted by atomic mass is 32.2. The van der Waals surface area contributed by atoms with Crippen molar-refractivity contribution >= 4 is 27.6 Å². The van der Waals surface area contributed by atoms with Crippen LogP contribution >= 0.6 is 0 Å². The van der Waals surface area contributed by atoms with Crippen molar-refractivity contribution in [2.45, 2.75) is 4.90 Å². The molecule has 2 aromatic heterocycles. The van der Waals surface area contributed by atoms with E-state index >= 15 is 0 Å². The fraction of sp³-hybridized carbons (Fsp3) is 0. The van der Waals surface area contributed by atoms with Crippen LogP contribution in [0.2, 0.25) is 0 Å². The van der Waals surface area contributed by atoms with E-state index in [9.17, 15) is 17.6 Å². The van der Waals surface area contributed by atoms with Gasteiger partial charge in [-0.1, -0.05) is 6.07 Å². The SMILES string of the molecule is O=C(Nc1ccc(S(=O)(=O)Nc2ncccn2)cc1)c1ccn(-c2cccc(F)c2)n1. The first-order chi connectivity index (χ1) is 14.9. The van der Waals surface area contributed by atoms with E-state index in [1.54, 1.807) is 18.2 Å². The lowest BCUT2D eigenvalue weighted by Crippen LogP contribution is -2.15. The third-order valence-electron chi connectivity index (χ3n) is 4.11. The van der Waals surface area contributed by atoms with E-state index in [1.165, 1.54) is 65.7 Å². The molecule has 2 heterocycles. The molecule has 0 radical (unpaired) electrons. The summed E-state index contributed by atoms with van der Waals surface area (Å²) in [5, 5.41) is 6.77. The zero-order valence-corrected chi connectivity index (χ0v) is 16.6. The van der Waals surface area contributed by atoms with E-state index < -0.39 is 21.7 Å². The van der Waals surface area contributed by atoms with Gasteiger partial charge in [-0.2, -0.15) is 5.10 Å². The Morgan fingerprint density at radius 3 is 2.42 bits per heavy atom. The first-order valence-corrected chi connectivity index (χ1v) is 10.4. The second kappa shape index (κ2) is 8.32. The Morgan fingerprint density at radius 2 is 1.71 bits per heavy atom. The molecule has 0 fully saturated rings. The van der Waals surface area contributed by atoms with Crippen LogP contribution in [0, 0.1) is 5.82 Å². The quantitative estimate of drug-likeness (QED) is 0.478. The monoisotopic (exact) mass is 438 g/mol. The smallest absolute Gasteiger partial charge is 0.276 e. The van der Waals surface area contributed by atoms with Crippen molar-refractivity contribution in [2.24, 2.45) is 0 Å². The van der Waals surface area contributed by atoms with Gasteiger partial charge in [-0.25, -0.2) is 32.2 Å². The minimum absolute atomic E-state index is 0.0201. The molecule has 0 aliphatic rings. The number of anilines is 2. The van der Waals surface area contributed by atoms with Crippen LogP contribution in [0.25, 0.3) is 5.69 Å². The number of nitrogens with zero attached hydrogens (tertiary/aromatic N) is 4. The Bertz CT molecular complexity index is 1320. The third-order valence-corrected chi connectivity index (χ3v) is 5.45. The predicted molar refractivity (Wildman–Crippen MR) is 111 cm³/mol. The van der Waals surface area contributed by atoms with Crippen LogP contribution in [0.1, 0.15) is 10.5 Å². The zero-order chi connectivity index (χ0) is 21.8. The second-order valence-corrected chi connectivity index (χ2v) is 7.96. The fourth-order valence-electron chi connectivity index (χ4n) is 2.65. The van der Waals surface area contributed by atoms with E-state index in [-0.39, 0.29) is 16.5 Å². The Kier molecular flexibility index (Phi) is 5.41. The van der Waals surface area contributed by atoms with Crippen molar-refractivity contribution in [3.63, 3.8) is 0 Å². The van der Waals surface area contributed by atoms with Crippen LogP contribution in [0.4, 0.5) is 16.0 Å². The third kappa shape index (κ3) is 4.73. The van der Waals surface area contributed by atoms with Gasteiger partial charge >= 0.3 is 0 Å². The van der Waals surface area contributed by atoms with Gasteiger partial charge in [-0.05, 0) is 54.6 Å². The first kappa shape index (κ1) is 20.2. The lowest BCUT2D eigenvalue weighted by atomic mass is 10.3. The van der Waals surface area contributed by atoms with E-state index in [0.717, 1.165) is 0 Å². The molecule has 4 aromatic rings. The molecular weight excluding hydrogens is 423 g/mol. The standard InChI is InChI=1S/C20H15FN6O3S/c21-14-3-1-4-16(13-14)27-12-9-18(25-27)19(28)24-15-5-7-17(8-6-15)31(29,30)26-20-22-10-2-11-23-20/h1-13H,(H,24,28)(H,22,23,26). The number of carbonyl (C=O) groups is 1. The average molecular weight is 438 g/mol. The van der Waals surface area contributed by atoms with Gasteiger partial charge in [0, 0.05) is 24.3 Å². The van der Waals surface area contributed by atoms with Crippen LogP contribution in [-0.4, -0.2) is 34.1 Å². The number of amides is 1. The van der Waals surface area contributed by atoms with E-state index in [2.05, 4.69) is 25.1 Å². The fourth-order valence-corrected chi connectivity index (χ4v) is 3.61. The van der Waals surface area contributed by atoms with Crippen molar-refractivity contribution in [3.05, 3.63) is 90.8 Å². The number of nitrogens with one attached hydrogen (secondary N) is 2. The maximum atomic E-state index is 13.4. The first-order valence-electron chi connectivity index (χ1n) is 8.94. The van der Waals surface area contributed by atoms with Crippen molar-refractivity contribution < 1.29 is 17.6 Å². The Balaban J connectivity index is 1.45. The number of hydrogen-bond donors (Lipinski definition) is 2. The number of hydrogen-bond acceptors (Lipinski definition) is 6. The van der Waals surface area contributed by atoms with E-state index in [4.69, 9.17) is 0 Å². The van der Waals surface area contributed by atoms with Gasteiger partial charge in [0.05, 0.1) is 10.6 Å². The van der Waals surface area contributed by atoms with E-state index in [0.29, 0.717) is 11.4 Å². The maximum Gasteiger partial charge on any atom is 0.276 e. The van der Waals surface area contributed by atoms with Gasteiger partial charge in [0.2, 0.25) is 5.95 Å². The van der Waals surface area contributed by atoms with Crippen LogP contribution in [0.5, 0.6) is 0 Å². The summed E-state index contributed by atoms with van der Waals surface area (Å²) in [6.07, 6.45) is 4.37. The minimum Gasteiger partial charge on any atom is -0.321 e. The van der Waals surface area contributed by atoms with Crippen molar-refractivity contribution in [1.82, 2.24) is 19.7 Å². The summed E-state index contributed by atoms with van der Waals surface area (Å²) in [4.78, 5) is 20.1. The molecule has 0 atom stereocenters. The highest BCUT2D eigenvalue weighted by Gasteiger charge is 2.16. The highest BCUT2D eigenvalue weighted by molar-refractivity contribution is 7.92. The van der Waals surface area contributed by atoms with Gasteiger partial charge in [-0.3, -0.25) is 4.79 Å². The zero-order valence-electron chi connectivity index (χ0n) is 15.8. The van der Waals surface area contributed by atoms with Crippen molar-refractivity contribution in [1.29, 1.82) is 0 Å². The lowest BCUT2D eigenvalue weighted by molar-refractivity contribution is 0.102. The molecule has 0 saturated heterocycles. The summed E-state index contributed by atoms with van der Waals surface area (Å²) in [5.41, 5.74) is 0.965. The predicted octanol–water partition coefficient (Wildman–Crippen LogP) is 2.85. The van der Waals surface area contributed by atoms with Gasteiger partial charge in [0.15, 0.2) is 5.69 Å². The molecule has 0 unspecified atom stereocenters. The van der Waals surface area contributed by atoms with Gasteiger partial charge in [0.1, 0.15) is 5.82 Å². The van der Waals surface area contributed by atoms with Gasteiger partial charge in [0.25, 0.3) is 15.9 Å². The molecule has 11 heteroatoms. The van der Waals surface area contributed by atoms with Crippen molar-refractivity contribution in [2.75, 3.05) is 10.0 Å². The summed E-state index contributed by atoms with van der Waals surface area (Å²) in [5.74, 6) is -0.960. The highest BCUT2D eigenvalue weighted by Crippen LogP contribution is 2.17. The maximum absolute atomic E-state index is 13.4. The summed E-state index contributed by atoms with van der Waals surface area (Å²) in [7, 11) is -3.88. The molecule has 156 valence electrons. The largest absolute Gasteiger partial charge is 0.321 e. The van der Waals surface area contributed by atoms with Crippen LogP contribution in [-0.2, 0) is 10.0 Å². The molecule has 0 aliphatic carbocycles. The summed E-state index contributed by atoms with van der Waals surface area (Å²) < 4.78 is 41.8. The van der Waals surface area contributed by atoms with Gasteiger partial charge < -0.3 is 5.32 Å². The normalized spacial score (nSPS) is 11.1. The van der Waals surface area contributed by atoms with E-state index in [1.807, 2.05) is 0 Å². The molecule has 4 rings (SSSR count). The van der Waals surface area contributed by atoms with Crippen LogP contribution in [0.3, 0.4) is 0 Å². The second-order valence-electron chi connectivity index (χ2n) is 6.28. The summed E-state index contributed by atoms with van der Waals surface area (Å²) in [6.45, 7) is 0. The Labute approximate surface area is 176 Å². The summed E-state index contributed by atoms with van der Waals surface area (Å²) >= 11 is 0. The van der Waals surface area contributed by atoms with Crippen molar-refractivity contribution in [3.8, 4) is 5.69 Å².